The average molecular weight is 375 g/mol. The van der Waals surface area contributed by atoms with Crippen LogP contribution in [0.3, 0.4) is 0 Å². The number of rotatable bonds is 4. The highest BCUT2D eigenvalue weighted by molar-refractivity contribution is 6.31. The van der Waals surface area contributed by atoms with Gasteiger partial charge in [-0.3, -0.25) is 0 Å². The summed E-state index contributed by atoms with van der Waals surface area (Å²) < 4.78 is 19.7. The van der Waals surface area contributed by atoms with Crippen LogP contribution in [0.25, 0.3) is 0 Å². The SMILES string of the molecule is COc1cc(C2CCN(c3ccc(Cl)c(C4CC4)c3)CC2)c(F)cc1N. The Morgan fingerprint density at radius 1 is 1.04 bits per heavy atom. The lowest BCUT2D eigenvalue weighted by Crippen LogP contribution is -2.33. The van der Waals surface area contributed by atoms with Gasteiger partial charge >= 0.3 is 0 Å². The molecule has 2 fully saturated rings. The molecule has 0 aromatic heterocycles. The Bertz CT molecular complexity index is 814. The van der Waals surface area contributed by atoms with Gasteiger partial charge in [0, 0.05) is 29.9 Å². The molecule has 2 aliphatic rings. The van der Waals surface area contributed by atoms with E-state index in [1.165, 1.54) is 30.2 Å². The Labute approximate surface area is 158 Å². The van der Waals surface area contributed by atoms with Crippen molar-refractivity contribution in [2.24, 2.45) is 0 Å². The highest BCUT2D eigenvalue weighted by Gasteiger charge is 2.28. The second-order valence-corrected chi connectivity index (χ2v) is 7.76. The summed E-state index contributed by atoms with van der Waals surface area (Å²) in [6.45, 7) is 1.81. The summed E-state index contributed by atoms with van der Waals surface area (Å²) in [6, 6.07) is 9.50. The van der Waals surface area contributed by atoms with Crippen molar-refractivity contribution in [1.82, 2.24) is 0 Å². The summed E-state index contributed by atoms with van der Waals surface area (Å²) >= 11 is 6.35. The number of nitrogen functional groups attached to an aromatic ring is 1. The van der Waals surface area contributed by atoms with Crippen molar-refractivity contribution in [1.29, 1.82) is 0 Å². The Hall–Kier alpha value is -1.94. The Morgan fingerprint density at radius 3 is 2.38 bits per heavy atom. The van der Waals surface area contributed by atoms with E-state index in [0.717, 1.165) is 31.0 Å². The van der Waals surface area contributed by atoms with Crippen LogP contribution in [0.5, 0.6) is 5.75 Å². The minimum atomic E-state index is -0.232. The number of piperidine rings is 1. The molecule has 26 heavy (non-hydrogen) atoms. The standard InChI is InChI=1S/C21H24ClFN2O/c1-26-21-11-17(19(23)12-20(21)24)14-6-8-25(9-7-14)15-4-5-18(22)16(10-15)13-2-3-13/h4-5,10-14H,2-3,6-9,24H2,1H3. The van der Waals surface area contributed by atoms with Gasteiger partial charge < -0.3 is 15.4 Å². The number of nitrogens with two attached hydrogens (primary N) is 1. The molecule has 0 amide bonds. The Balaban J connectivity index is 1.49. The first-order chi connectivity index (χ1) is 12.6. The molecular weight excluding hydrogens is 351 g/mol. The summed E-state index contributed by atoms with van der Waals surface area (Å²) in [7, 11) is 1.56. The van der Waals surface area contributed by atoms with Gasteiger partial charge in [-0.15, -0.1) is 0 Å². The van der Waals surface area contributed by atoms with Gasteiger partial charge in [-0.25, -0.2) is 4.39 Å². The predicted molar refractivity (Wildman–Crippen MR) is 105 cm³/mol. The fraction of sp³-hybridized carbons (Fsp3) is 0.429. The van der Waals surface area contributed by atoms with E-state index in [1.807, 2.05) is 6.07 Å². The fourth-order valence-electron chi connectivity index (χ4n) is 3.96. The molecule has 4 rings (SSSR count). The Kier molecular flexibility index (Phi) is 4.70. The molecule has 0 atom stereocenters. The largest absolute Gasteiger partial charge is 0.495 e. The zero-order chi connectivity index (χ0) is 18.3. The second-order valence-electron chi connectivity index (χ2n) is 7.36. The maximum Gasteiger partial charge on any atom is 0.142 e. The number of methoxy groups -OCH3 is 1. The summed E-state index contributed by atoms with van der Waals surface area (Å²) in [5.41, 5.74) is 9.37. The van der Waals surface area contributed by atoms with Gasteiger partial charge in [0.15, 0.2) is 0 Å². The normalized spacial score (nSPS) is 18.2. The van der Waals surface area contributed by atoms with E-state index >= 15 is 0 Å². The topological polar surface area (TPSA) is 38.5 Å². The summed E-state index contributed by atoms with van der Waals surface area (Å²) in [6.07, 6.45) is 4.30. The summed E-state index contributed by atoms with van der Waals surface area (Å²) in [4.78, 5) is 2.38. The first kappa shape index (κ1) is 17.5. The third-order valence-electron chi connectivity index (χ3n) is 5.65. The van der Waals surface area contributed by atoms with Crippen molar-refractivity contribution in [3.8, 4) is 5.75 Å². The summed E-state index contributed by atoms with van der Waals surface area (Å²) in [5.74, 6) is 1.15. The Morgan fingerprint density at radius 2 is 1.73 bits per heavy atom. The highest BCUT2D eigenvalue weighted by atomic mass is 35.5. The summed E-state index contributed by atoms with van der Waals surface area (Å²) in [5, 5.41) is 0.877. The van der Waals surface area contributed by atoms with Gasteiger partial charge in [0.2, 0.25) is 0 Å². The number of halogens is 2. The molecule has 0 spiro atoms. The first-order valence-electron chi connectivity index (χ1n) is 9.24. The highest BCUT2D eigenvalue weighted by Crippen LogP contribution is 2.45. The molecule has 0 bridgehead atoms. The van der Waals surface area contributed by atoms with Gasteiger partial charge in [-0.1, -0.05) is 11.6 Å². The van der Waals surface area contributed by atoms with Crippen molar-refractivity contribution < 1.29 is 9.13 Å². The number of anilines is 2. The van der Waals surface area contributed by atoms with Crippen LogP contribution < -0.4 is 15.4 Å². The van der Waals surface area contributed by atoms with E-state index < -0.39 is 0 Å². The molecule has 1 saturated carbocycles. The molecule has 2 N–H and O–H groups in total. The van der Waals surface area contributed by atoms with Gasteiger partial charge in [0.05, 0.1) is 12.8 Å². The van der Waals surface area contributed by atoms with Gasteiger partial charge in [0.25, 0.3) is 0 Å². The van der Waals surface area contributed by atoms with Gasteiger partial charge in [-0.05, 0) is 72.9 Å². The molecule has 0 unspecified atom stereocenters. The van der Waals surface area contributed by atoms with E-state index in [-0.39, 0.29) is 11.7 Å². The number of hydrogen-bond donors (Lipinski definition) is 1. The predicted octanol–water partition coefficient (Wildman–Crippen LogP) is 5.33. The molecule has 2 aromatic rings. The molecule has 1 saturated heterocycles. The molecule has 138 valence electrons. The molecule has 1 aliphatic heterocycles. The monoisotopic (exact) mass is 374 g/mol. The maximum atomic E-state index is 14.4. The minimum absolute atomic E-state index is 0.191. The lowest BCUT2D eigenvalue weighted by atomic mass is 9.88. The molecule has 3 nitrogen and oxygen atoms in total. The fourth-order valence-corrected chi connectivity index (χ4v) is 4.23. The van der Waals surface area contributed by atoms with Crippen molar-refractivity contribution in [2.75, 3.05) is 30.8 Å². The maximum absolute atomic E-state index is 14.4. The van der Waals surface area contributed by atoms with Crippen LogP contribution in [0.1, 0.15) is 48.6 Å². The van der Waals surface area contributed by atoms with E-state index in [2.05, 4.69) is 17.0 Å². The smallest absolute Gasteiger partial charge is 0.142 e. The third-order valence-corrected chi connectivity index (χ3v) is 5.99. The van der Waals surface area contributed by atoms with Crippen molar-refractivity contribution in [2.45, 2.75) is 37.5 Å². The van der Waals surface area contributed by atoms with Crippen molar-refractivity contribution in [3.05, 3.63) is 52.3 Å². The zero-order valence-corrected chi connectivity index (χ0v) is 15.7. The van der Waals surface area contributed by atoms with Crippen LogP contribution in [0.2, 0.25) is 5.02 Å². The number of hydrogen-bond acceptors (Lipinski definition) is 3. The molecule has 2 aromatic carbocycles. The lowest BCUT2D eigenvalue weighted by molar-refractivity contribution is 0.412. The molecular formula is C21H24ClFN2O. The zero-order valence-electron chi connectivity index (χ0n) is 15.0. The minimum Gasteiger partial charge on any atom is -0.495 e. The van der Waals surface area contributed by atoms with Gasteiger partial charge in [-0.2, -0.15) is 0 Å². The van der Waals surface area contributed by atoms with Crippen LogP contribution in [0.15, 0.2) is 30.3 Å². The van der Waals surface area contributed by atoms with E-state index in [0.29, 0.717) is 22.9 Å². The van der Waals surface area contributed by atoms with Crippen LogP contribution in [0, 0.1) is 5.82 Å². The van der Waals surface area contributed by atoms with E-state index in [9.17, 15) is 4.39 Å². The molecule has 5 heteroatoms. The van der Waals surface area contributed by atoms with Crippen LogP contribution in [-0.2, 0) is 0 Å². The third kappa shape index (κ3) is 3.35. The number of benzene rings is 2. The quantitative estimate of drug-likeness (QED) is 0.735. The number of nitrogens with zero attached hydrogens (tertiary/aromatic N) is 1. The average Bonchev–Trinajstić information content (AvgIpc) is 3.48. The van der Waals surface area contributed by atoms with Crippen LogP contribution in [-0.4, -0.2) is 20.2 Å². The van der Waals surface area contributed by atoms with Crippen molar-refractivity contribution in [3.63, 3.8) is 0 Å². The lowest BCUT2D eigenvalue weighted by Gasteiger charge is -2.34. The molecule has 0 radical (unpaired) electrons. The van der Waals surface area contributed by atoms with Crippen molar-refractivity contribution >= 4 is 23.0 Å². The first-order valence-corrected chi connectivity index (χ1v) is 9.62. The molecule has 1 heterocycles. The molecule has 1 aliphatic carbocycles. The number of ether oxygens (including phenoxy) is 1. The van der Waals surface area contributed by atoms with E-state index in [4.69, 9.17) is 22.1 Å². The van der Waals surface area contributed by atoms with E-state index in [1.54, 1.807) is 13.2 Å². The second kappa shape index (κ2) is 6.99. The van der Waals surface area contributed by atoms with Crippen LogP contribution >= 0.6 is 11.6 Å². The van der Waals surface area contributed by atoms with Crippen LogP contribution in [0.4, 0.5) is 15.8 Å². The van der Waals surface area contributed by atoms with Gasteiger partial charge in [0.1, 0.15) is 11.6 Å².